The third-order valence-electron chi connectivity index (χ3n) is 5.35. The van der Waals surface area contributed by atoms with Gasteiger partial charge in [0.1, 0.15) is 0 Å². The number of aryl methyl sites for hydroxylation is 1. The Morgan fingerprint density at radius 2 is 2.00 bits per heavy atom. The van der Waals surface area contributed by atoms with Crippen molar-refractivity contribution in [2.24, 2.45) is 0 Å². The summed E-state index contributed by atoms with van der Waals surface area (Å²) in [4.78, 5) is 17.7. The van der Waals surface area contributed by atoms with Crippen LogP contribution in [0.1, 0.15) is 40.9 Å². The lowest BCUT2D eigenvalue weighted by atomic mass is 9.99. The minimum absolute atomic E-state index is 0.106. The zero-order valence-electron chi connectivity index (χ0n) is 14.6. The van der Waals surface area contributed by atoms with Crippen LogP contribution in [0.5, 0.6) is 0 Å². The molecule has 134 valence electrons. The number of likely N-dealkylation sites (N-methyl/N-ethyl adjacent to an activating group) is 1. The number of amides is 1. The number of rotatable bonds is 3. The standard InChI is InChI=1S/C18H28N2O3S/c1-13-11-17(24-12-13)18(22)20-7-3-15(16(21)4-8-20)19(2)14-5-9-23-10-6-14/h11-12,14-16,21H,3-10H2,1-2H3/t15-,16-/m0/s1. The van der Waals surface area contributed by atoms with Crippen LogP contribution in [0.4, 0.5) is 0 Å². The van der Waals surface area contributed by atoms with Crippen molar-refractivity contribution in [3.05, 3.63) is 21.9 Å². The van der Waals surface area contributed by atoms with E-state index >= 15 is 0 Å². The number of thiophene rings is 1. The van der Waals surface area contributed by atoms with Gasteiger partial charge in [-0.2, -0.15) is 0 Å². The fourth-order valence-electron chi connectivity index (χ4n) is 3.81. The smallest absolute Gasteiger partial charge is 0.263 e. The molecule has 0 spiro atoms. The summed E-state index contributed by atoms with van der Waals surface area (Å²) in [5.74, 6) is 0.106. The molecular weight excluding hydrogens is 324 g/mol. The van der Waals surface area contributed by atoms with Crippen LogP contribution < -0.4 is 0 Å². The van der Waals surface area contributed by atoms with Gasteiger partial charge >= 0.3 is 0 Å². The Kier molecular flexibility index (Phi) is 5.92. The molecule has 24 heavy (non-hydrogen) atoms. The van der Waals surface area contributed by atoms with Crippen molar-refractivity contribution >= 4 is 17.2 Å². The van der Waals surface area contributed by atoms with Crippen molar-refractivity contribution in [1.29, 1.82) is 0 Å². The number of hydrogen-bond acceptors (Lipinski definition) is 5. The molecule has 1 aromatic heterocycles. The van der Waals surface area contributed by atoms with Crippen LogP contribution in [0.3, 0.4) is 0 Å². The molecule has 3 rings (SSSR count). The van der Waals surface area contributed by atoms with E-state index in [9.17, 15) is 9.90 Å². The van der Waals surface area contributed by atoms with E-state index in [1.807, 2.05) is 23.3 Å². The molecule has 0 aliphatic carbocycles. The number of carbonyl (C=O) groups is 1. The number of nitrogens with zero attached hydrogens (tertiary/aromatic N) is 2. The van der Waals surface area contributed by atoms with E-state index in [2.05, 4.69) is 11.9 Å². The Bertz CT molecular complexity index is 556. The molecule has 1 aromatic rings. The minimum atomic E-state index is -0.374. The summed E-state index contributed by atoms with van der Waals surface area (Å²) in [7, 11) is 2.12. The molecule has 1 N–H and O–H groups in total. The normalized spacial score (nSPS) is 26.6. The van der Waals surface area contributed by atoms with Crippen LogP contribution in [-0.4, -0.2) is 72.4 Å². The van der Waals surface area contributed by atoms with E-state index in [1.165, 1.54) is 11.3 Å². The topological polar surface area (TPSA) is 53.0 Å². The number of likely N-dealkylation sites (tertiary alicyclic amines) is 1. The number of aliphatic hydroxyl groups excluding tert-OH is 1. The van der Waals surface area contributed by atoms with Gasteiger partial charge in [0, 0.05) is 38.4 Å². The van der Waals surface area contributed by atoms with Crippen LogP contribution in [-0.2, 0) is 4.74 Å². The first kappa shape index (κ1) is 17.9. The lowest BCUT2D eigenvalue weighted by Crippen LogP contribution is -2.48. The van der Waals surface area contributed by atoms with Gasteiger partial charge in [0.05, 0.1) is 11.0 Å². The highest BCUT2D eigenvalue weighted by Gasteiger charge is 2.33. The molecule has 2 aliphatic rings. The van der Waals surface area contributed by atoms with Crippen molar-refractivity contribution in [2.75, 3.05) is 33.4 Å². The highest BCUT2D eigenvalue weighted by molar-refractivity contribution is 7.12. The molecular formula is C18H28N2O3S. The van der Waals surface area contributed by atoms with Crippen LogP contribution in [0.2, 0.25) is 0 Å². The van der Waals surface area contributed by atoms with Crippen molar-refractivity contribution in [2.45, 2.75) is 50.8 Å². The van der Waals surface area contributed by atoms with Crippen LogP contribution in [0, 0.1) is 6.92 Å². The van der Waals surface area contributed by atoms with E-state index < -0.39 is 0 Å². The Morgan fingerprint density at radius 1 is 1.29 bits per heavy atom. The Hall–Kier alpha value is -0.950. The van der Waals surface area contributed by atoms with Gasteiger partial charge in [-0.15, -0.1) is 11.3 Å². The Morgan fingerprint density at radius 3 is 2.67 bits per heavy atom. The first-order valence-electron chi connectivity index (χ1n) is 8.88. The maximum absolute atomic E-state index is 12.7. The molecule has 6 heteroatoms. The molecule has 2 saturated heterocycles. The number of ether oxygens (including phenoxy) is 1. The molecule has 0 saturated carbocycles. The second kappa shape index (κ2) is 7.95. The third-order valence-corrected chi connectivity index (χ3v) is 6.39. The first-order chi connectivity index (χ1) is 11.6. The number of aliphatic hydroxyl groups is 1. The second-order valence-electron chi connectivity index (χ2n) is 7.00. The zero-order valence-corrected chi connectivity index (χ0v) is 15.4. The average Bonchev–Trinajstić information content (AvgIpc) is 2.94. The summed E-state index contributed by atoms with van der Waals surface area (Å²) in [5, 5.41) is 12.6. The molecule has 0 unspecified atom stereocenters. The summed E-state index contributed by atoms with van der Waals surface area (Å²) in [6.07, 6.45) is 3.15. The van der Waals surface area contributed by atoms with E-state index in [0.29, 0.717) is 25.6 Å². The van der Waals surface area contributed by atoms with Gasteiger partial charge in [-0.05, 0) is 56.7 Å². The maximum atomic E-state index is 12.7. The zero-order chi connectivity index (χ0) is 17.1. The van der Waals surface area contributed by atoms with E-state index in [4.69, 9.17) is 4.74 Å². The lowest BCUT2D eigenvalue weighted by molar-refractivity contribution is -0.00758. The molecule has 0 bridgehead atoms. The highest BCUT2D eigenvalue weighted by atomic mass is 32.1. The van der Waals surface area contributed by atoms with Crippen LogP contribution >= 0.6 is 11.3 Å². The molecule has 3 heterocycles. The fourth-order valence-corrected chi connectivity index (χ4v) is 4.68. The second-order valence-corrected chi connectivity index (χ2v) is 7.91. The first-order valence-corrected chi connectivity index (χ1v) is 9.76. The molecule has 2 fully saturated rings. The van der Waals surface area contributed by atoms with Crippen LogP contribution in [0.25, 0.3) is 0 Å². The fraction of sp³-hybridized carbons (Fsp3) is 0.722. The highest BCUT2D eigenvalue weighted by Crippen LogP contribution is 2.24. The number of carbonyl (C=O) groups excluding carboxylic acids is 1. The summed E-state index contributed by atoms with van der Waals surface area (Å²) in [5.41, 5.74) is 1.13. The maximum Gasteiger partial charge on any atom is 0.263 e. The largest absolute Gasteiger partial charge is 0.391 e. The van der Waals surface area contributed by atoms with Gasteiger partial charge in [-0.3, -0.25) is 9.69 Å². The quantitative estimate of drug-likeness (QED) is 0.905. The lowest BCUT2D eigenvalue weighted by Gasteiger charge is -2.38. The van der Waals surface area contributed by atoms with E-state index in [-0.39, 0.29) is 18.1 Å². The van der Waals surface area contributed by atoms with Gasteiger partial charge in [0.25, 0.3) is 5.91 Å². The predicted octanol–water partition coefficient (Wildman–Crippen LogP) is 2.13. The molecule has 5 nitrogen and oxygen atoms in total. The molecule has 0 aromatic carbocycles. The van der Waals surface area contributed by atoms with Gasteiger partial charge in [-0.25, -0.2) is 0 Å². The van der Waals surface area contributed by atoms with Crippen molar-refractivity contribution in [3.63, 3.8) is 0 Å². The SMILES string of the molecule is Cc1csc(C(=O)N2CC[C@H](O)[C@@H](N(C)C3CCOCC3)CC2)c1. The summed E-state index contributed by atoms with van der Waals surface area (Å²) < 4.78 is 5.45. The van der Waals surface area contributed by atoms with Gasteiger partial charge in [0.2, 0.25) is 0 Å². The molecule has 0 radical (unpaired) electrons. The molecule has 1 amide bonds. The van der Waals surface area contributed by atoms with Gasteiger partial charge in [-0.1, -0.05) is 0 Å². The van der Waals surface area contributed by atoms with Crippen molar-refractivity contribution < 1.29 is 14.6 Å². The minimum Gasteiger partial charge on any atom is -0.391 e. The Labute approximate surface area is 148 Å². The van der Waals surface area contributed by atoms with E-state index in [0.717, 1.165) is 42.9 Å². The van der Waals surface area contributed by atoms with Crippen molar-refractivity contribution in [1.82, 2.24) is 9.80 Å². The van der Waals surface area contributed by atoms with Gasteiger partial charge < -0.3 is 14.7 Å². The van der Waals surface area contributed by atoms with Crippen molar-refractivity contribution in [3.8, 4) is 0 Å². The summed E-state index contributed by atoms with van der Waals surface area (Å²) in [6, 6.07) is 2.55. The predicted molar refractivity (Wildman–Crippen MR) is 95.6 cm³/mol. The average molecular weight is 353 g/mol. The molecule has 2 aliphatic heterocycles. The number of hydrogen-bond donors (Lipinski definition) is 1. The third kappa shape index (κ3) is 3.99. The Balaban J connectivity index is 1.63. The summed E-state index contributed by atoms with van der Waals surface area (Å²) >= 11 is 1.51. The summed E-state index contributed by atoms with van der Waals surface area (Å²) in [6.45, 7) is 4.97. The monoisotopic (exact) mass is 352 g/mol. The van der Waals surface area contributed by atoms with E-state index in [1.54, 1.807) is 0 Å². The molecule has 2 atom stereocenters. The van der Waals surface area contributed by atoms with Gasteiger partial charge in [0.15, 0.2) is 0 Å². The van der Waals surface area contributed by atoms with Crippen LogP contribution in [0.15, 0.2) is 11.4 Å².